The Bertz CT molecular complexity index is 1020. The summed E-state index contributed by atoms with van der Waals surface area (Å²) in [6, 6.07) is 17.8. The molecule has 0 aliphatic heterocycles. The van der Waals surface area contributed by atoms with E-state index in [0.29, 0.717) is 25.4 Å². The molecule has 3 aromatic rings. The highest BCUT2D eigenvalue weighted by atomic mass is 16.5. The minimum atomic E-state index is -0.545. The van der Waals surface area contributed by atoms with Gasteiger partial charge in [0.05, 0.1) is 37.2 Å². The van der Waals surface area contributed by atoms with Crippen LogP contribution in [-0.2, 0) is 23.4 Å². The van der Waals surface area contributed by atoms with E-state index in [0.717, 1.165) is 22.3 Å². The number of rotatable bonds is 9. The van der Waals surface area contributed by atoms with Gasteiger partial charge in [-0.25, -0.2) is 4.79 Å². The molecule has 0 saturated carbocycles. The van der Waals surface area contributed by atoms with Gasteiger partial charge in [0.1, 0.15) is 0 Å². The van der Waals surface area contributed by atoms with Crippen molar-refractivity contribution in [2.75, 3.05) is 11.9 Å². The summed E-state index contributed by atoms with van der Waals surface area (Å²) in [7, 11) is 0. The zero-order valence-electron chi connectivity index (χ0n) is 18.4. The molecule has 0 bridgehead atoms. The van der Waals surface area contributed by atoms with Crippen LogP contribution in [0.1, 0.15) is 37.5 Å². The topological polar surface area (TPSA) is 68.2 Å². The predicted octanol–water partition coefficient (Wildman–Crippen LogP) is 5.19. The van der Waals surface area contributed by atoms with Crippen LogP contribution >= 0.6 is 0 Å². The van der Waals surface area contributed by atoms with Crippen LogP contribution in [0.15, 0.2) is 73.6 Å². The van der Waals surface area contributed by atoms with Crippen LogP contribution in [-0.4, -0.2) is 22.4 Å². The van der Waals surface area contributed by atoms with Crippen LogP contribution in [0, 0.1) is 0 Å². The molecule has 31 heavy (non-hydrogen) atoms. The number of carbonyl (C=O) groups excluding carboxylic acids is 1. The highest BCUT2D eigenvalue weighted by Gasteiger charge is 2.23. The highest BCUT2D eigenvalue weighted by molar-refractivity contribution is 5.89. The van der Waals surface area contributed by atoms with Gasteiger partial charge in [0.25, 0.3) is 0 Å². The number of aromatic nitrogens is 2. The van der Waals surface area contributed by atoms with Gasteiger partial charge in [-0.1, -0.05) is 60.7 Å². The molecule has 0 radical (unpaired) electrons. The van der Waals surface area contributed by atoms with Gasteiger partial charge >= 0.3 is 6.03 Å². The normalized spacial score (nSPS) is 11.2. The second kappa shape index (κ2) is 10.1. The fourth-order valence-corrected chi connectivity index (χ4v) is 3.16. The van der Waals surface area contributed by atoms with E-state index < -0.39 is 5.54 Å². The van der Waals surface area contributed by atoms with Gasteiger partial charge < -0.3 is 15.4 Å². The van der Waals surface area contributed by atoms with Crippen molar-refractivity contribution in [3.63, 3.8) is 0 Å². The lowest BCUT2D eigenvalue weighted by Crippen LogP contribution is -2.43. The lowest BCUT2D eigenvalue weighted by molar-refractivity contribution is 0.111. The van der Waals surface area contributed by atoms with Gasteiger partial charge in [-0.15, -0.1) is 0 Å². The van der Waals surface area contributed by atoms with Crippen molar-refractivity contribution in [3.05, 3.63) is 90.3 Å². The van der Waals surface area contributed by atoms with E-state index in [4.69, 9.17) is 4.74 Å². The Morgan fingerprint density at radius 2 is 1.94 bits per heavy atom. The zero-order valence-corrected chi connectivity index (χ0v) is 18.4. The quantitative estimate of drug-likeness (QED) is 0.470. The summed E-state index contributed by atoms with van der Waals surface area (Å²) in [6.45, 7) is 11.6. The Morgan fingerprint density at radius 3 is 2.68 bits per heavy atom. The third kappa shape index (κ3) is 6.55. The van der Waals surface area contributed by atoms with Crippen molar-refractivity contribution in [3.8, 4) is 0 Å². The van der Waals surface area contributed by atoms with Crippen LogP contribution in [0.3, 0.4) is 0 Å². The fourth-order valence-electron chi connectivity index (χ4n) is 3.16. The van der Waals surface area contributed by atoms with Gasteiger partial charge in [-0.05, 0) is 43.5 Å². The molecule has 1 heterocycles. The molecular formula is C25H30N4O2. The number of hydrogen-bond donors (Lipinski definition) is 2. The van der Waals surface area contributed by atoms with Crippen molar-refractivity contribution < 1.29 is 9.53 Å². The monoisotopic (exact) mass is 418 g/mol. The van der Waals surface area contributed by atoms with E-state index in [9.17, 15) is 4.79 Å². The van der Waals surface area contributed by atoms with Gasteiger partial charge in [-0.2, -0.15) is 5.10 Å². The Morgan fingerprint density at radius 1 is 1.16 bits per heavy atom. The van der Waals surface area contributed by atoms with E-state index in [1.807, 2.05) is 69.3 Å². The highest BCUT2D eigenvalue weighted by Crippen LogP contribution is 2.23. The van der Waals surface area contributed by atoms with E-state index in [1.165, 1.54) is 0 Å². The maximum atomic E-state index is 12.5. The molecule has 0 unspecified atom stereocenters. The number of hydrogen-bond acceptors (Lipinski definition) is 3. The predicted molar refractivity (Wildman–Crippen MR) is 125 cm³/mol. The number of benzene rings is 2. The van der Waals surface area contributed by atoms with Crippen LogP contribution in [0.25, 0.3) is 5.57 Å². The van der Waals surface area contributed by atoms with Crippen molar-refractivity contribution in [2.24, 2.45) is 0 Å². The number of nitrogens with one attached hydrogen (secondary N) is 2. The van der Waals surface area contributed by atoms with Crippen molar-refractivity contribution in [2.45, 2.75) is 39.5 Å². The molecule has 0 atom stereocenters. The molecule has 6 nitrogen and oxygen atoms in total. The Kier molecular flexibility index (Phi) is 7.26. The first kappa shape index (κ1) is 22.3. The fraction of sp³-hybridized carbons (Fsp3) is 0.280. The molecule has 1 aromatic heterocycles. The molecule has 2 amide bonds. The largest absolute Gasteiger partial charge is 0.375 e. The minimum Gasteiger partial charge on any atom is -0.375 e. The maximum absolute atomic E-state index is 12.5. The Labute approximate surface area is 183 Å². The third-order valence-electron chi connectivity index (χ3n) is 4.97. The first-order valence-corrected chi connectivity index (χ1v) is 10.3. The molecule has 0 spiro atoms. The summed E-state index contributed by atoms with van der Waals surface area (Å²) < 4.78 is 7.44. The number of urea groups is 1. The molecule has 0 aliphatic carbocycles. The van der Waals surface area contributed by atoms with Gasteiger partial charge in [0.15, 0.2) is 0 Å². The molecule has 2 N–H and O–H groups in total. The SMILES string of the molecule is C=C(C)c1cccc(C(C)(C)NC(=O)Nc2cnn(CCOCc3ccccc3)c2)c1. The second-order valence-electron chi connectivity index (χ2n) is 8.10. The lowest BCUT2D eigenvalue weighted by atomic mass is 9.92. The van der Waals surface area contributed by atoms with E-state index in [1.54, 1.807) is 17.1 Å². The first-order chi connectivity index (χ1) is 14.8. The summed E-state index contributed by atoms with van der Waals surface area (Å²) in [5.74, 6) is 0. The first-order valence-electron chi connectivity index (χ1n) is 10.3. The maximum Gasteiger partial charge on any atom is 0.320 e. The van der Waals surface area contributed by atoms with Crippen molar-refractivity contribution >= 4 is 17.3 Å². The number of ether oxygens (including phenoxy) is 1. The van der Waals surface area contributed by atoms with Gasteiger partial charge in [-0.3, -0.25) is 4.68 Å². The molecule has 3 rings (SSSR count). The molecule has 2 aromatic carbocycles. The summed E-state index contributed by atoms with van der Waals surface area (Å²) in [6.07, 6.45) is 3.42. The van der Waals surface area contributed by atoms with Crippen LogP contribution in [0.5, 0.6) is 0 Å². The third-order valence-corrected chi connectivity index (χ3v) is 4.97. The molecule has 0 saturated heterocycles. The summed E-state index contributed by atoms with van der Waals surface area (Å²) in [4.78, 5) is 12.5. The molecule has 162 valence electrons. The van der Waals surface area contributed by atoms with Crippen molar-refractivity contribution in [1.29, 1.82) is 0 Å². The number of allylic oxidation sites excluding steroid dienone is 1. The summed E-state index contributed by atoms with van der Waals surface area (Å²) in [5.41, 5.74) is 4.28. The average Bonchev–Trinajstić information content (AvgIpc) is 3.18. The van der Waals surface area contributed by atoms with Crippen LogP contribution in [0.4, 0.5) is 10.5 Å². The van der Waals surface area contributed by atoms with E-state index >= 15 is 0 Å². The van der Waals surface area contributed by atoms with Crippen LogP contribution < -0.4 is 10.6 Å². The summed E-state index contributed by atoms with van der Waals surface area (Å²) in [5, 5.41) is 10.2. The van der Waals surface area contributed by atoms with E-state index in [2.05, 4.69) is 28.4 Å². The number of carbonyl (C=O) groups is 1. The van der Waals surface area contributed by atoms with Crippen molar-refractivity contribution in [1.82, 2.24) is 15.1 Å². The Hall–Kier alpha value is -3.38. The smallest absolute Gasteiger partial charge is 0.320 e. The second-order valence-corrected chi connectivity index (χ2v) is 8.10. The molecule has 0 aliphatic rings. The van der Waals surface area contributed by atoms with Crippen LogP contribution in [0.2, 0.25) is 0 Å². The van der Waals surface area contributed by atoms with Gasteiger partial charge in [0.2, 0.25) is 0 Å². The van der Waals surface area contributed by atoms with E-state index in [-0.39, 0.29) is 6.03 Å². The zero-order chi connectivity index (χ0) is 22.3. The Balaban J connectivity index is 1.49. The lowest BCUT2D eigenvalue weighted by Gasteiger charge is -2.27. The molecule has 0 fully saturated rings. The summed E-state index contributed by atoms with van der Waals surface area (Å²) >= 11 is 0. The standard InChI is InChI=1S/C25H30N4O2/c1-19(2)21-11-8-12-22(15-21)25(3,4)28-24(30)27-23-16-26-29(17-23)13-14-31-18-20-9-6-5-7-10-20/h5-12,15-17H,1,13-14,18H2,2-4H3,(H2,27,28,30). The molecular weight excluding hydrogens is 388 g/mol. The number of nitrogens with zero attached hydrogens (tertiary/aromatic N) is 2. The van der Waals surface area contributed by atoms with Gasteiger partial charge in [0, 0.05) is 6.20 Å². The average molecular weight is 419 g/mol. The number of anilines is 1. The molecule has 6 heteroatoms. The number of amides is 2. The minimum absolute atomic E-state index is 0.286.